The number of carbonyl (C=O) groups excluding carboxylic acids is 1. The van der Waals surface area contributed by atoms with Crippen molar-refractivity contribution in [2.75, 3.05) is 0 Å². The molecule has 0 heterocycles. The molecule has 0 aliphatic carbocycles. The molecule has 0 aliphatic heterocycles. The van der Waals surface area contributed by atoms with Crippen LogP contribution in [-0.2, 0) is 16.0 Å². The second-order valence-electron chi connectivity index (χ2n) is 4.64. The highest BCUT2D eigenvalue weighted by atomic mass is 16.4. The van der Waals surface area contributed by atoms with Gasteiger partial charge in [-0.25, -0.2) is 0 Å². The van der Waals surface area contributed by atoms with Gasteiger partial charge in [0.25, 0.3) is 0 Å². The highest BCUT2D eigenvalue weighted by molar-refractivity contribution is 5.98. The van der Waals surface area contributed by atoms with Crippen molar-refractivity contribution < 1.29 is 14.7 Å². The molecule has 1 aromatic rings. The highest BCUT2D eigenvalue weighted by Gasteiger charge is 2.26. The summed E-state index contributed by atoms with van der Waals surface area (Å²) in [5.74, 6) is -1.93. The summed E-state index contributed by atoms with van der Waals surface area (Å²) in [4.78, 5) is 22.9. The van der Waals surface area contributed by atoms with Gasteiger partial charge in [-0.3, -0.25) is 9.59 Å². The molecule has 1 aromatic carbocycles. The Balaban J connectivity index is 2.74. The van der Waals surface area contributed by atoms with E-state index in [2.05, 4.69) is 0 Å². The molecule has 1 unspecified atom stereocenters. The highest BCUT2D eigenvalue weighted by Crippen LogP contribution is 2.14. The molecule has 3 nitrogen and oxygen atoms in total. The summed E-state index contributed by atoms with van der Waals surface area (Å²) in [5.41, 5.74) is 0.886. The molecule has 17 heavy (non-hydrogen) atoms. The zero-order valence-electron chi connectivity index (χ0n) is 10.2. The molecule has 0 aromatic heterocycles. The number of carboxylic acid groups (broad SMARTS) is 1. The number of aliphatic carboxylic acids is 1. The smallest absolute Gasteiger partial charge is 0.314 e. The van der Waals surface area contributed by atoms with E-state index in [0.29, 0.717) is 6.42 Å². The zero-order chi connectivity index (χ0) is 12.8. The molecule has 1 atom stereocenters. The topological polar surface area (TPSA) is 54.4 Å². The van der Waals surface area contributed by atoms with E-state index >= 15 is 0 Å². The van der Waals surface area contributed by atoms with E-state index in [1.54, 1.807) is 0 Å². The second kappa shape index (κ2) is 6.18. The quantitative estimate of drug-likeness (QED) is 0.769. The third kappa shape index (κ3) is 4.39. The van der Waals surface area contributed by atoms with E-state index in [1.165, 1.54) is 0 Å². The van der Waals surface area contributed by atoms with Gasteiger partial charge < -0.3 is 5.11 Å². The number of hydrogen-bond acceptors (Lipinski definition) is 2. The SMILES string of the molecule is CC(C)CC(=O)C(Cc1ccccc1)C(=O)O. The lowest BCUT2D eigenvalue weighted by Crippen LogP contribution is -2.27. The molecule has 0 saturated heterocycles. The van der Waals surface area contributed by atoms with Crippen molar-refractivity contribution in [1.29, 1.82) is 0 Å². The lowest BCUT2D eigenvalue weighted by Gasteiger charge is -2.12. The fraction of sp³-hybridized carbons (Fsp3) is 0.429. The number of ketones is 1. The molecule has 1 N–H and O–H groups in total. The monoisotopic (exact) mass is 234 g/mol. The second-order valence-corrected chi connectivity index (χ2v) is 4.64. The van der Waals surface area contributed by atoms with E-state index in [-0.39, 0.29) is 18.1 Å². The predicted octanol–water partition coefficient (Wildman–Crippen LogP) is 2.55. The van der Waals surface area contributed by atoms with Gasteiger partial charge in [-0.1, -0.05) is 44.2 Å². The average Bonchev–Trinajstić information content (AvgIpc) is 2.25. The maximum Gasteiger partial charge on any atom is 0.314 e. The van der Waals surface area contributed by atoms with Gasteiger partial charge in [0.1, 0.15) is 11.7 Å². The van der Waals surface area contributed by atoms with E-state index in [9.17, 15) is 9.59 Å². The van der Waals surface area contributed by atoms with Gasteiger partial charge >= 0.3 is 5.97 Å². The van der Waals surface area contributed by atoms with E-state index in [4.69, 9.17) is 5.11 Å². The van der Waals surface area contributed by atoms with Gasteiger partial charge in [0, 0.05) is 6.42 Å². The zero-order valence-corrected chi connectivity index (χ0v) is 10.2. The van der Waals surface area contributed by atoms with Crippen molar-refractivity contribution in [2.45, 2.75) is 26.7 Å². The van der Waals surface area contributed by atoms with E-state index in [0.717, 1.165) is 5.56 Å². The number of carbonyl (C=O) groups is 2. The van der Waals surface area contributed by atoms with Crippen molar-refractivity contribution >= 4 is 11.8 Å². The number of benzene rings is 1. The van der Waals surface area contributed by atoms with Crippen LogP contribution in [0.5, 0.6) is 0 Å². The van der Waals surface area contributed by atoms with Crippen molar-refractivity contribution in [3.05, 3.63) is 35.9 Å². The van der Waals surface area contributed by atoms with Crippen molar-refractivity contribution in [2.24, 2.45) is 11.8 Å². The van der Waals surface area contributed by atoms with Gasteiger partial charge in [0.2, 0.25) is 0 Å². The number of Topliss-reactive ketones (excluding diaryl/α,β-unsaturated/α-hetero) is 1. The minimum atomic E-state index is -1.03. The van der Waals surface area contributed by atoms with Crippen LogP contribution >= 0.6 is 0 Å². The van der Waals surface area contributed by atoms with Gasteiger partial charge in [-0.05, 0) is 17.9 Å². The maximum absolute atomic E-state index is 11.8. The molecule has 0 amide bonds. The Morgan fingerprint density at radius 2 is 1.76 bits per heavy atom. The van der Waals surface area contributed by atoms with Crippen molar-refractivity contribution in [1.82, 2.24) is 0 Å². The van der Waals surface area contributed by atoms with Crippen LogP contribution in [-0.4, -0.2) is 16.9 Å². The average molecular weight is 234 g/mol. The Morgan fingerprint density at radius 3 is 2.24 bits per heavy atom. The molecular formula is C14H18O3. The molecule has 92 valence electrons. The summed E-state index contributed by atoms with van der Waals surface area (Å²) in [6, 6.07) is 9.26. The van der Waals surface area contributed by atoms with Crippen LogP contribution < -0.4 is 0 Å². The fourth-order valence-electron chi connectivity index (χ4n) is 1.73. The standard InChI is InChI=1S/C14H18O3/c1-10(2)8-13(15)12(14(16)17)9-11-6-4-3-5-7-11/h3-7,10,12H,8-9H2,1-2H3,(H,16,17). The molecule has 1 rings (SSSR count). The first-order valence-electron chi connectivity index (χ1n) is 5.80. The molecule has 3 heteroatoms. The normalized spacial score (nSPS) is 12.4. The molecular weight excluding hydrogens is 216 g/mol. The number of carboxylic acids is 1. The minimum absolute atomic E-state index is 0.184. The summed E-state index contributed by atoms with van der Waals surface area (Å²) in [7, 11) is 0. The van der Waals surface area contributed by atoms with Crippen LogP contribution in [0.3, 0.4) is 0 Å². The molecule has 0 saturated carbocycles. The Labute approximate surface area is 101 Å². The van der Waals surface area contributed by atoms with Crippen LogP contribution in [0.25, 0.3) is 0 Å². The minimum Gasteiger partial charge on any atom is -0.481 e. The van der Waals surface area contributed by atoms with Gasteiger partial charge in [0.05, 0.1) is 0 Å². The van der Waals surface area contributed by atoms with Crippen LogP contribution in [0.2, 0.25) is 0 Å². The largest absolute Gasteiger partial charge is 0.481 e. The summed E-state index contributed by atoms with van der Waals surface area (Å²) >= 11 is 0. The molecule has 0 fully saturated rings. The van der Waals surface area contributed by atoms with Crippen LogP contribution in [0, 0.1) is 11.8 Å². The third-order valence-electron chi connectivity index (χ3n) is 2.58. The van der Waals surface area contributed by atoms with E-state index in [1.807, 2.05) is 44.2 Å². The molecule has 0 aliphatic rings. The number of hydrogen-bond donors (Lipinski definition) is 1. The van der Waals surface area contributed by atoms with Crippen LogP contribution in [0.1, 0.15) is 25.8 Å². The fourth-order valence-corrected chi connectivity index (χ4v) is 1.73. The Hall–Kier alpha value is -1.64. The Bertz CT molecular complexity index is 382. The lowest BCUT2D eigenvalue weighted by atomic mass is 9.91. The summed E-state index contributed by atoms with van der Waals surface area (Å²) in [6.07, 6.45) is 0.603. The van der Waals surface area contributed by atoms with Crippen molar-refractivity contribution in [3.63, 3.8) is 0 Å². The summed E-state index contributed by atoms with van der Waals surface area (Å²) < 4.78 is 0. The summed E-state index contributed by atoms with van der Waals surface area (Å²) in [5, 5.41) is 9.10. The van der Waals surface area contributed by atoms with E-state index < -0.39 is 11.9 Å². The Morgan fingerprint density at radius 1 is 1.18 bits per heavy atom. The molecule has 0 bridgehead atoms. The molecule has 0 radical (unpaired) electrons. The maximum atomic E-state index is 11.8. The first kappa shape index (κ1) is 13.4. The van der Waals surface area contributed by atoms with Gasteiger partial charge in [-0.2, -0.15) is 0 Å². The number of rotatable bonds is 6. The predicted molar refractivity (Wildman–Crippen MR) is 65.7 cm³/mol. The first-order chi connectivity index (χ1) is 8.00. The van der Waals surface area contributed by atoms with Crippen molar-refractivity contribution in [3.8, 4) is 0 Å². The van der Waals surface area contributed by atoms with Crippen LogP contribution in [0.15, 0.2) is 30.3 Å². The molecule has 0 spiro atoms. The van der Waals surface area contributed by atoms with Gasteiger partial charge in [-0.15, -0.1) is 0 Å². The lowest BCUT2D eigenvalue weighted by molar-refractivity contribution is -0.146. The van der Waals surface area contributed by atoms with Crippen LogP contribution in [0.4, 0.5) is 0 Å². The summed E-state index contributed by atoms with van der Waals surface area (Å²) in [6.45, 7) is 3.83. The Kier molecular flexibility index (Phi) is 4.88. The third-order valence-corrected chi connectivity index (χ3v) is 2.58. The van der Waals surface area contributed by atoms with Gasteiger partial charge in [0.15, 0.2) is 0 Å². The first-order valence-corrected chi connectivity index (χ1v) is 5.80.